The fourth-order valence-electron chi connectivity index (χ4n) is 1.77. The lowest BCUT2D eigenvalue weighted by Gasteiger charge is -2.19. The molecule has 0 bridgehead atoms. The van der Waals surface area contributed by atoms with Crippen LogP contribution in [-0.2, 0) is 0 Å². The Morgan fingerprint density at radius 2 is 2.16 bits per heavy atom. The lowest BCUT2D eigenvalue weighted by atomic mass is 10.1. The number of ether oxygens (including phenoxy) is 1. The molecule has 1 aromatic rings. The fourth-order valence-corrected chi connectivity index (χ4v) is 1.77. The number of nitrogen functional groups attached to an aromatic ring is 1. The van der Waals surface area contributed by atoms with E-state index >= 15 is 0 Å². The molecule has 1 aromatic carbocycles. The van der Waals surface area contributed by atoms with Crippen molar-refractivity contribution in [3.05, 3.63) is 17.9 Å². The van der Waals surface area contributed by atoms with E-state index in [1.807, 2.05) is 13.8 Å². The van der Waals surface area contributed by atoms with E-state index < -0.39 is 5.82 Å². The van der Waals surface area contributed by atoms with Crippen LogP contribution in [0.25, 0.3) is 0 Å². The topological polar surface area (TPSA) is 67.5 Å². The molecule has 4 nitrogen and oxygen atoms in total. The number of nitrogens with two attached hydrogens (primary N) is 1. The van der Waals surface area contributed by atoms with Crippen LogP contribution < -0.4 is 15.8 Å². The summed E-state index contributed by atoms with van der Waals surface area (Å²) < 4.78 is 19.0. The van der Waals surface area contributed by atoms with Crippen LogP contribution in [0.3, 0.4) is 0 Å². The van der Waals surface area contributed by atoms with Crippen molar-refractivity contribution in [2.24, 2.45) is 0 Å². The van der Waals surface area contributed by atoms with Crippen LogP contribution in [0.2, 0.25) is 0 Å². The highest BCUT2D eigenvalue weighted by atomic mass is 19.1. The van der Waals surface area contributed by atoms with Gasteiger partial charge in [0, 0.05) is 24.8 Å². The van der Waals surface area contributed by atoms with Crippen molar-refractivity contribution in [2.45, 2.75) is 39.2 Å². The minimum atomic E-state index is -0.452. The molecule has 4 N–H and O–H groups in total. The van der Waals surface area contributed by atoms with E-state index in [-0.39, 0.29) is 18.4 Å². The van der Waals surface area contributed by atoms with E-state index in [0.29, 0.717) is 24.4 Å². The molecular weight excluding hydrogens is 247 g/mol. The molecule has 0 radical (unpaired) electrons. The predicted molar refractivity (Wildman–Crippen MR) is 76.0 cm³/mol. The van der Waals surface area contributed by atoms with Gasteiger partial charge in [-0.1, -0.05) is 13.8 Å². The van der Waals surface area contributed by atoms with Crippen LogP contribution >= 0.6 is 0 Å². The first-order valence-corrected chi connectivity index (χ1v) is 6.71. The van der Waals surface area contributed by atoms with Crippen molar-refractivity contribution in [3.63, 3.8) is 0 Å². The average molecular weight is 270 g/mol. The molecule has 0 aromatic heterocycles. The molecule has 0 spiro atoms. The van der Waals surface area contributed by atoms with Gasteiger partial charge in [0.05, 0.1) is 18.0 Å². The molecule has 0 saturated carbocycles. The van der Waals surface area contributed by atoms with Crippen molar-refractivity contribution in [1.82, 2.24) is 0 Å². The van der Waals surface area contributed by atoms with Crippen molar-refractivity contribution >= 4 is 11.4 Å². The van der Waals surface area contributed by atoms with Gasteiger partial charge in [0.25, 0.3) is 0 Å². The summed E-state index contributed by atoms with van der Waals surface area (Å²) in [5, 5.41) is 12.2. The van der Waals surface area contributed by atoms with Gasteiger partial charge in [0.1, 0.15) is 0 Å². The Hall–Kier alpha value is -1.49. The van der Waals surface area contributed by atoms with Crippen molar-refractivity contribution in [1.29, 1.82) is 0 Å². The van der Waals surface area contributed by atoms with Gasteiger partial charge in [-0.2, -0.15) is 0 Å². The highest BCUT2D eigenvalue weighted by Crippen LogP contribution is 2.29. The third kappa shape index (κ3) is 4.59. The maximum atomic E-state index is 13.6. The van der Waals surface area contributed by atoms with E-state index in [9.17, 15) is 4.39 Å². The lowest BCUT2D eigenvalue weighted by molar-refractivity contribution is 0.278. The molecule has 1 rings (SSSR count). The monoisotopic (exact) mass is 270 g/mol. The summed E-state index contributed by atoms with van der Waals surface area (Å²) >= 11 is 0. The molecule has 0 amide bonds. The third-order valence-corrected chi connectivity index (χ3v) is 2.90. The number of nitrogens with one attached hydrogen (secondary N) is 1. The summed E-state index contributed by atoms with van der Waals surface area (Å²) in [7, 11) is 0. The van der Waals surface area contributed by atoms with Gasteiger partial charge < -0.3 is 20.9 Å². The average Bonchev–Trinajstić information content (AvgIpc) is 2.39. The number of aliphatic hydroxyl groups is 1. The van der Waals surface area contributed by atoms with E-state index in [4.69, 9.17) is 15.6 Å². The third-order valence-electron chi connectivity index (χ3n) is 2.90. The summed E-state index contributed by atoms with van der Waals surface area (Å²) in [6.07, 6.45) is 2.29. The van der Waals surface area contributed by atoms with Crippen molar-refractivity contribution in [2.75, 3.05) is 24.3 Å². The van der Waals surface area contributed by atoms with E-state index in [0.717, 1.165) is 12.8 Å². The number of anilines is 2. The largest absolute Gasteiger partial charge is 0.490 e. The predicted octanol–water partition coefficient (Wildman–Crippen LogP) is 2.77. The maximum absolute atomic E-state index is 13.6. The van der Waals surface area contributed by atoms with Crippen LogP contribution in [0.4, 0.5) is 15.8 Å². The molecule has 0 aliphatic carbocycles. The zero-order chi connectivity index (χ0) is 14.3. The zero-order valence-corrected chi connectivity index (χ0v) is 11.6. The van der Waals surface area contributed by atoms with Crippen LogP contribution in [0.1, 0.15) is 33.1 Å². The Morgan fingerprint density at radius 3 is 2.74 bits per heavy atom. The minimum absolute atomic E-state index is 0.103. The summed E-state index contributed by atoms with van der Waals surface area (Å²) in [4.78, 5) is 0. The second-order valence-electron chi connectivity index (χ2n) is 4.48. The standard InChI is InChI=1S/C14H23FN2O2/c1-3-7-19-14-9-13(12(16)8-11(14)15)17-10(4-2)5-6-18/h8-10,17-18H,3-7,16H2,1-2H3. The Bertz CT molecular complexity index is 399. The highest BCUT2D eigenvalue weighted by molar-refractivity contribution is 5.69. The van der Waals surface area contributed by atoms with Crippen LogP contribution in [0, 0.1) is 5.82 Å². The summed E-state index contributed by atoms with van der Waals surface area (Å²) in [6, 6.07) is 2.95. The first-order chi connectivity index (χ1) is 9.12. The number of halogens is 1. The Balaban J connectivity index is 2.86. The molecule has 108 valence electrons. The van der Waals surface area contributed by atoms with Crippen LogP contribution in [0.5, 0.6) is 5.75 Å². The SMILES string of the molecule is CCCOc1cc(NC(CC)CCO)c(N)cc1F. The van der Waals surface area contributed by atoms with E-state index in [1.165, 1.54) is 6.07 Å². The quantitative estimate of drug-likeness (QED) is 0.635. The van der Waals surface area contributed by atoms with Gasteiger partial charge in [-0.25, -0.2) is 4.39 Å². The molecule has 1 atom stereocenters. The second kappa shape index (κ2) is 7.84. The number of hydrogen-bond donors (Lipinski definition) is 3. The molecule has 0 saturated heterocycles. The molecule has 0 aliphatic heterocycles. The van der Waals surface area contributed by atoms with Crippen LogP contribution in [0.15, 0.2) is 12.1 Å². The van der Waals surface area contributed by atoms with E-state index in [2.05, 4.69) is 5.32 Å². The molecule has 5 heteroatoms. The van der Waals surface area contributed by atoms with Gasteiger partial charge in [-0.05, 0) is 19.3 Å². The highest BCUT2D eigenvalue weighted by Gasteiger charge is 2.12. The molecule has 0 heterocycles. The molecule has 0 fully saturated rings. The number of hydrogen-bond acceptors (Lipinski definition) is 4. The van der Waals surface area contributed by atoms with Gasteiger partial charge in [-0.15, -0.1) is 0 Å². The number of benzene rings is 1. The number of rotatable bonds is 8. The smallest absolute Gasteiger partial charge is 0.167 e. The first-order valence-electron chi connectivity index (χ1n) is 6.71. The van der Waals surface area contributed by atoms with Crippen LogP contribution in [-0.4, -0.2) is 24.4 Å². The van der Waals surface area contributed by atoms with Crippen molar-refractivity contribution < 1.29 is 14.2 Å². The van der Waals surface area contributed by atoms with Gasteiger partial charge in [-0.3, -0.25) is 0 Å². The van der Waals surface area contributed by atoms with Gasteiger partial charge >= 0.3 is 0 Å². The fraction of sp³-hybridized carbons (Fsp3) is 0.571. The van der Waals surface area contributed by atoms with Crippen molar-refractivity contribution in [3.8, 4) is 5.75 Å². The molecule has 1 unspecified atom stereocenters. The lowest BCUT2D eigenvalue weighted by Crippen LogP contribution is -2.20. The zero-order valence-electron chi connectivity index (χ0n) is 11.6. The maximum Gasteiger partial charge on any atom is 0.167 e. The Kier molecular flexibility index (Phi) is 6.42. The summed E-state index contributed by atoms with van der Waals surface area (Å²) in [5.74, 6) is -0.246. The van der Waals surface area contributed by atoms with E-state index in [1.54, 1.807) is 6.07 Å². The Labute approximate surface area is 113 Å². The van der Waals surface area contributed by atoms with Gasteiger partial charge in [0.15, 0.2) is 11.6 Å². The molecular formula is C14H23FN2O2. The first kappa shape index (κ1) is 15.6. The normalized spacial score (nSPS) is 12.2. The minimum Gasteiger partial charge on any atom is -0.490 e. The summed E-state index contributed by atoms with van der Waals surface area (Å²) in [5.41, 5.74) is 6.79. The summed E-state index contributed by atoms with van der Waals surface area (Å²) in [6.45, 7) is 4.55. The molecule has 0 aliphatic rings. The Morgan fingerprint density at radius 1 is 1.42 bits per heavy atom. The second-order valence-corrected chi connectivity index (χ2v) is 4.48. The number of aliphatic hydroxyl groups excluding tert-OH is 1. The molecule has 19 heavy (non-hydrogen) atoms. The van der Waals surface area contributed by atoms with Gasteiger partial charge in [0.2, 0.25) is 0 Å².